The van der Waals surface area contributed by atoms with Crippen LogP contribution in [0.3, 0.4) is 0 Å². The Kier molecular flexibility index (Phi) is 10.1. The molecule has 1 amide bonds. The fourth-order valence-corrected chi connectivity index (χ4v) is 1.28. The Morgan fingerprint density at radius 2 is 1.79 bits per heavy atom. The standard InChI is InChI=1S/C11H22NO2/c1-2-3-4-5-6-7-8-11(14)12-9-10-13/h13H,1-10H2,(H,12,14). The van der Waals surface area contributed by atoms with E-state index in [2.05, 4.69) is 12.2 Å². The zero-order valence-electron chi connectivity index (χ0n) is 8.93. The molecule has 0 aromatic rings. The fraction of sp³-hybridized carbons (Fsp3) is 0.818. The van der Waals surface area contributed by atoms with E-state index in [0.717, 1.165) is 19.3 Å². The first-order chi connectivity index (χ1) is 6.81. The second kappa shape index (κ2) is 10.5. The Bertz CT molecular complexity index is 137. The van der Waals surface area contributed by atoms with Crippen LogP contribution in [0, 0.1) is 6.92 Å². The molecule has 0 fully saturated rings. The lowest BCUT2D eigenvalue weighted by Gasteiger charge is -2.02. The topological polar surface area (TPSA) is 49.3 Å². The van der Waals surface area contributed by atoms with E-state index >= 15 is 0 Å². The number of unbranched alkanes of at least 4 members (excludes halogenated alkanes) is 5. The van der Waals surface area contributed by atoms with Gasteiger partial charge in [-0.05, 0) is 6.42 Å². The summed E-state index contributed by atoms with van der Waals surface area (Å²) in [5, 5.41) is 11.1. The van der Waals surface area contributed by atoms with Crippen LogP contribution in [0.2, 0.25) is 0 Å². The quantitative estimate of drug-likeness (QED) is 0.556. The lowest BCUT2D eigenvalue weighted by atomic mass is 10.1. The summed E-state index contributed by atoms with van der Waals surface area (Å²) in [6, 6.07) is 0. The molecule has 0 aliphatic heterocycles. The number of nitrogens with one attached hydrogen (secondary N) is 1. The van der Waals surface area contributed by atoms with Crippen LogP contribution in [0.15, 0.2) is 0 Å². The van der Waals surface area contributed by atoms with Crippen molar-refractivity contribution in [3.63, 3.8) is 0 Å². The highest BCUT2D eigenvalue weighted by Crippen LogP contribution is 2.06. The molecule has 0 aromatic carbocycles. The fourth-order valence-electron chi connectivity index (χ4n) is 1.28. The van der Waals surface area contributed by atoms with E-state index in [1.807, 2.05) is 0 Å². The Labute approximate surface area is 86.9 Å². The second-order valence-electron chi connectivity index (χ2n) is 3.44. The van der Waals surface area contributed by atoms with Crippen LogP contribution in [0.25, 0.3) is 0 Å². The molecule has 0 aliphatic carbocycles. The van der Waals surface area contributed by atoms with Crippen molar-refractivity contribution in [1.82, 2.24) is 5.32 Å². The molecule has 0 bridgehead atoms. The predicted octanol–water partition coefficient (Wildman–Crippen LogP) is 1.66. The number of hydrogen-bond donors (Lipinski definition) is 2. The van der Waals surface area contributed by atoms with E-state index in [-0.39, 0.29) is 12.5 Å². The van der Waals surface area contributed by atoms with E-state index in [1.165, 1.54) is 19.3 Å². The van der Waals surface area contributed by atoms with Crippen molar-refractivity contribution in [2.24, 2.45) is 0 Å². The Hall–Kier alpha value is -0.570. The largest absolute Gasteiger partial charge is 0.395 e. The average molecular weight is 200 g/mol. The van der Waals surface area contributed by atoms with Gasteiger partial charge in [-0.2, -0.15) is 0 Å². The van der Waals surface area contributed by atoms with Crippen LogP contribution < -0.4 is 5.32 Å². The molecule has 2 N–H and O–H groups in total. The van der Waals surface area contributed by atoms with Gasteiger partial charge < -0.3 is 10.4 Å². The third-order valence-electron chi connectivity index (χ3n) is 2.09. The third kappa shape index (κ3) is 9.52. The molecular formula is C11H22NO2. The van der Waals surface area contributed by atoms with E-state index in [1.54, 1.807) is 0 Å². The molecule has 0 heterocycles. The van der Waals surface area contributed by atoms with Gasteiger partial charge in [0.1, 0.15) is 0 Å². The predicted molar refractivity (Wildman–Crippen MR) is 57.8 cm³/mol. The maximum atomic E-state index is 11.1. The number of rotatable bonds is 9. The van der Waals surface area contributed by atoms with E-state index in [4.69, 9.17) is 5.11 Å². The third-order valence-corrected chi connectivity index (χ3v) is 2.09. The van der Waals surface area contributed by atoms with Crippen molar-refractivity contribution in [2.45, 2.75) is 44.9 Å². The molecule has 1 radical (unpaired) electrons. The van der Waals surface area contributed by atoms with Gasteiger partial charge in [0.2, 0.25) is 5.91 Å². The van der Waals surface area contributed by atoms with Crippen LogP contribution in [0.1, 0.15) is 44.9 Å². The van der Waals surface area contributed by atoms with Crippen molar-refractivity contribution >= 4 is 5.91 Å². The smallest absolute Gasteiger partial charge is 0.220 e. The maximum Gasteiger partial charge on any atom is 0.220 e. The lowest BCUT2D eigenvalue weighted by molar-refractivity contribution is -0.121. The molecule has 3 heteroatoms. The monoisotopic (exact) mass is 200 g/mol. The van der Waals surface area contributed by atoms with E-state index < -0.39 is 0 Å². The summed E-state index contributed by atoms with van der Waals surface area (Å²) in [6.45, 7) is 4.18. The summed E-state index contributed by atoms with van der Waals surface area (Å²) in [5.74, 6) is 0.0520. The van der Waals surface area contributed by atoms with Crippen molar-refractivity contribution in [1.29, 1.82) is 0 Å². The Morgan fingerprint density at radius 1 is 1.14 bits per heavy atom. The van der Waals surface area contributed by atoms with Crippen LogP contribution in [0.4, 0.5) is 0 Å². The van der Waals surface area contributed by atoms with Crippen LogP contribution in [0.5, 0.6) is 0 Å². The Morgan fingerprint density at radius 3 is 2.43 bits per heavy atom. The zero-order valence-corrected chi connectivity index (χ0v) is 8.93. The summed E-state index contributed by atoms with van der Waals surface area (Å²) in [5.41, 5.74) is 0. The van der Waals surface area contributed by atoms with Gasteiger partial charge in [0.05, 0.1) is 6.61 Å². The van der Waals surface area contributed by atoms with Crippen molar-refractivity contribution in [3.8, 4) is 0 Å². The molecule has 0 saturated carbocycles. The number of aliphatic hydroxyl groups excluding tert-OH is 1. The minimum atomic E-state index is 0.0231. The molecule has 0 rings (SSSR count). The maximum absolute atomic E-state index is 11.1. The molecule has 0 aromatic heterocycles. The van der Waals surface area contributed by atoms with Crippen LogP contribution in [-0.2, 0) is 4.79 Å². The van der Waals surface area contributed by atoms with E-state index in [9.17, 15) is 4.79 Å². The number of hydrogen-bond acceptors (Lipinski definition) is 2. The second-order valence-corrected chi connectivity index (χ2v) is 3.44. The van der Waals surface area contributed by atoms with Gasteiger partial charge in [0.25, 0.3) is 0 Å². The highest BCUT2D eigenvalue weighted by atomic mass is 16.3. The first kappa shape index (κ1) is 13.4. The summed E-state index contributed by atoms with van der Waals surface area (Å²) in [4.78, 5) is 11.1. The molecule has 0 atom stereocenters. The zero-order chi connectivity index (χ0) is 10.6. The number of amides is 1. The highest BCUT2D eigenvalue weighted by molar-refractivity contribution is 5.75. The van der Waals surface area contributed by atoms with Gasteiger partial charge in [-0.3, -0.25) is 4.79 Å². The SMILES string of the molecule is [CH2]CCCCCCCC(=O)NCCO. The van der Waals surface area contributed by atoms with Gasteiger partial charge in [-0.25, -0.2) is 0 Å². The summed E-state index contributed by atoms with van der Waals surface area (Å²) >= 11 is 0. The molecular weight excluding hydrogens is 178 g/mol. The number of carbonyl (C=O) groups excluding carboxylic acids is 1. The molecule has 14 heavy (non-hydrogen) atoms. The lowest BCUT2D eigenvalue weighted by Crippen LogP contribution is -2.25. The average Bonchev–Trinajstić information content (AvgIpc) is 2.20. The van der Waals surface area contributed by atoms with Crippen molar-refractivity contribution in [2.75, 3.05) is 13.2 Å². The minimum Gasteiger partial charge on any atom is -0.395 e. The van der Waals surface area contributed by atoms with Crippen LogP contribution in [-0.4, -0.2) is 24.2 Å². The molecule has 83 valence electrons. The van der Waals surface area contributed by atoms with Crippen molar-refractivity contribution in [3.05, 3.63) is 6.92 Å². The van der Waals surface area contributed by atoms with Gasteiger partial charge in [0, 0.05) is 13.0 Å². The van der Waals surface area contributed by atoms with E-state index in [0.29, 0.717) is 13.0 Å². The first-order valence-electron chi connectivity index (χ1n) is 5.48. The molecule has 0 aliphatic rings. The first-order valence-corrected chi connectivity index (χ1v) is 5.48. The molecule has 0 unspecified atom stereocenters. The number of aliphatic hydroxyl groups is 1. The molecule has 0 spiro atoms. The van der Waals surface area contributed by atoms with Gasteiger partial charge in [0.15, 0.2) is 0 Å². The summed E-state index contributed by atoms with van der Waals surface area (Å²) in [6.07, 6.45) is 7.28. The number of carbonyl (C=O) groups is 1. The van der Waals surface area contributed by atoms with Gasteiger partial charge in [-0.15, -0.1) is 0 Å². The van der Waals surface area contributed by atoms with Gasteiger partial charge >= 0.3 is 0 Å². The molecule has 0 saturated heterocycles. The Balaban J connectivity index is 3.07. The van der Waals surface area contributed by atoms with Gasteiger partial charge in [-0.1, -0.05) is 39.0 Å². The van der Waals surface area contributed by atoms with Crippen molar-refractivity contribution < 1.29 is 9.90 Å². The summed E-state index contributed by atoms with van der Waals surface area (Å²) < 4.78 is 0. The molecule has 3 nitrogen and oxygen atoms in total. The van der Waals surface area contributed by atoms with Crippen LogP contribution >= 0.6 is 0 Å². The summed E-state index contributed by atoms with van der Waals surface area (Å²) in [7, 11) is 0. The normalized spacial score (nSPS) is 10.1. The highest BCUT2D eigenvalue weighted by Gasteiger charge is 1.98. The minimum absolute atomic E-state index is 0.0231.